The summed E-state index contributed by atoms with van der Waals surface area (Å²) in [6.07, 6.45) is 7.48. The molecule has 4 aromatic heterocycles. The lowest BCUT2D eigenvalue weighted by atomic mass is 10.2. The van der Waals surface area contributed by atoms with Crippen LogP contribution in [0, 0.1) is 18.6 Å². The molecule has 0 saturated heterocycles. The first kappa shape index (κ1) is 29.4. The molecule has 1 amide bonds. The number of thiazole rings is 2. The lowest BCUT2D eigenvalue weighted by Gasteiger charge is -2.19. The molecule has 10 nitrogen and oxygen atoms in total. The molecule has 2 aliphatic carbocycles. The summed E-state index contributed by atoms with van der Waals surface area (Å²) in [5.41, 5.74) is 3.28. The minimum atomic E-state index is -0.640. The Hall–Kier alpha value is -4.30. The van der Waals surface area contributed by atoms with Gasteiger partial charge in [0, 0.05) is 47.9 Å². The SMILES string of the molecule is Cc1nc(NCc2c(F)cccc2F)nc(NC2CC[C@H](NC(=O)OCc3nccs3)C2)c1-c1nc2c(C3CC3)nccc2s1. The molecule has 7 rings (SSSR count). The van der Waals surface area contributed by atoms with Gasteiger partial charge in [-0.2, -0.15) is 4.98 Å². The number of carbonyl (C=O) groups is 1. The van der Waals surface area contributed by atoms with E-state index in [0.29, 0.717) is 23.9 Å². The highest BCUT2D eigenvalue weighted by Crippen LogP contribution is 2.44. The van der Waals surface area contributed by atoms with Gasteiger partial charge in [0.2, 0.25) is 5.95 Å². The molecule has 0 aliphatic heterocycles. The fourth-order valence-electron chi connectivity index (χ4n) is 5.62. The number of hydrogen-bond donors (Lipinski definition) is 3. The number of amides is 1. The van der Waals surface area contributed by atoms with Gasteiger partial charge in [-0.15, -0.1) is 22.7 Å². The highest BCUT2D eigenvalue weighted by molar-refractivity contribution is 7.21. The molecule has 1 aromatic carbocycles. The second-order valence-corrected chi connectivity index (χ2v) is 13.3. The molecule has 232 valence electrons. The molecule has 4 heterocycles. The van der Waals surface area contributed by atoms with Crippen LogP contribution in [-0.2, 0) is 17.9 Å². The van der Waals surface area contributed by atoms with Crippen molar-refractivity contribution < 1.29 is 18.3 Å². The Morgan fingerprint density at radius 2 is 1.84 bits per heavy atom. The molecule has 0 spiro atoms. The van der Waals surface area contributed by atoms with Crippen molar-refractivity contribution in [3.63, 3.8) is 0 Å². The van der Waals surface area contributed by atoms with Crippen molar-refractivity contribution in [2.24, 2.45) is 0 Å². The van der Waals surface area contributed by atoms with Crippen LogP contribution >= 0.6 is 22.7 Å². The first-order chi connectivity index (χ1) is 21.9. The lowest BCUT2D eigenvalue weighted by Crippen LogP contribution is -2.34. The third kappa shape index (κ3) is 6.57. The van der Waals surface area contributed by atoms with E-state index in [4.69, 9.17) is 14.7 Å². The predicted molar refractivity (Wildman–Crippen MR) is 169 cm³/mol. The molecule has 14 heteroatoms. The van der Waals surface area contributed by atoms with Gasteiger partial charge in [-0.3, -0.25) is 4.98 Å². The van der Waals surface area contributed by atoms with Crippen molar-refractivity contribution in [3.05, 3.63) is 75.6 Å². The maximum Gasteiger partial charge on any atom is 0.407 e. The maximum absolute atomic E-state index is 14.3. The first-order valence-corrected chi connectivity index (χ1v) is 16.5. The first-order valence-electron chi connectivity index (χ1n) is 14.8. The highest BCUT2D eigenvalue weighted by Gasteiger charge is 2.31. The molecule has 2 fully saturated rings. The van der Waals surface area contributed by atoms with E-state index in [1.54, 1.807) is 17.5 Å². The van der Waals surface area contributed by atoms with Crippen molar-refractivity contribution >= 4 is 50.7 Å². The van der Waals surface area contributed by atoms with Gasteiger partial charge in [-0.25, -0.2) is 28.5 Å². The van der Waals surface area contributed by atoms with E-state index in [0.717, 1.165) is 57.2 Å². The quantitative estimate of drug-likeness (QED) is 0.148. The predicted octanol–water partition coefficient (Wildman–Crippen LogP) is 6.94. The van der Waals surface area contributed by atoms with Crippen LogP contribution < -0.4 is 16.0 Å². The van der Waals surface area contributed by atoms with E-state index < -0.39 is 17.7 Å². The monoisotopic (exact) mass is 648 g/mol. The molecule has 0 radical (unpaired) electrons. The van der Waals surface area contributed by atoms with Gasteiger partial charge in [0.25, 0.3) is 0 Å². The van der Waals surface area contributed by atoms with Gasteiger partial charge in [0.1, 0.15) is 39.6 Å². The van der Waals surface area contributed by atoms with Crippen molar-refractivity contribution in [3.8, 4) is 10.6 Å². The number of aromatic nitrogens is 5. The van der Waals surface area contributed by atoms with Crippen LogP contribution in [0.4, 0.5) is 25.3 Å². The average Bonchev–Trinajstić information content (AvgIpc) is 3.35. The van der Waals surface area contributed by atoms with Crippen LogP contribution in [-0.4, -0.2) is 43.1 Å². The zero-order valence-electron chi connectivity index (χ0n) is 24.3. The number of nitrogens with zero attached hydrogens (tertiary/aromatic N) is 5. The van der Waals surface area contributed by atoms with Gasteiger partial charge in [0.15, 0.2) is 0 Å². The third-order valence-electron chi connectivity index (χ3n) is 7.99. The smallest absolute Gasteiger partial charge is 0.407 e. The number of halogens is 2. The van der Waals surface area contributed by atoms with Gasteiger partial charge >= 0.3 is 6.09 Å². The Morgan fingerprint density at radius 3 is 2.62 bits per heavy atom. The summed E-state index contributed by atoms with van der Waals surface area (Å²) in [5, 5.41) is 12.9. The topological polar surface area (TPSA) is 127 Å². The highest BCUT2D eigenvalue weighted by atomic mass is 32.1. The summed E-state index contributed by atoms with van der Waals surface area (Å²) in [4.78, 5) is 35.6. The zero-order chi connectivity index (χ0) is 30.9. The standard InChI is InChI=1S/C31H30F2N8O2S2/c1-16-25(29-40-27-23(45-29)9-10-35-26(27)17-5-6-17)28(41-30(37-16)36-14-20-21(32)3-2-4-22(20)33)38-18-7-8-19(13-18)39-31(42)43-15-24-34-11-12-44-24/h2-4,9-12,17-19H,5-8,13-15H2,1H3,(H,39,42)(H2,36,37,38,41)/t18?,19-/m0/s1. The summed E-state index contributed by atoms with van der Waals surface area (Å²) in [6, 6.07) is 5.68. The zero-order valence-corrected chi connectivity index (χ0v) is 26.0. The summed E-state index contributed by atoms with van der Waals surface area (Å²) < 4.78 is 35.0. The molecular weight excluding hydrogens is 619 g/mol. The van der Waals surface area contributed by atoms with Crippen LogP contribution in [0.15, 0.2) is 42.0 Å². The Balaban J connectivity index is 1.13. The van der Waals surface area contributed by atoms with Crippen molar-refractivity contribution in [1.82, 2.24) is 30.2 Å². The number of aryl methyl sites for hydroxylation is 1. The lowest BCUT2D eigenvalue weighted by molar-refractivity contribution is 0.135. The Kier molecular flexibility index (Phi) is 8.23. The molecule has 45 heavy (non-hydrogen) atoms. The van der Waals surface area contributed by atoms with Crippen molar-refractivity contribution in [1.29, 1.82) is 0 Å². The molecule has 1 unspecified atom stereocenters. The Morgan fingerprint density at radius 1 is 1.02 bits per heavy atom. The van der Waals surface area contributed by atoms with Gasteiger partial charge in [-0.05, 0) is 57.2 Å². The fraction of sp³-hybridized carbons (Fsp3) is 0.355. The van der Waals surface area contributed by atoms with Crippen LogP contribution in [0.5, 0.6) is 0 Å². The van der Waals surface area contributed by atoms with Crippen molar-refractivity contribution in [2.75, 3.05) is 10.6 Å². The normalized spacial score (nSPS) is 17.8. The number of rotatable bonds is 10. The van der Waals surface area contributed by atoms with Gasteiger partial charge in [-0.1, -0.05) is 6.07 Å². The van der Waals surface area contributed by atoms with E-state index >= 15 is 0 Å². The molecule has 0 bridgehead atoms. The number of alkyl carbamates (subject to hydrolysis) is 1. The Bertz CT molecular complexity index is 1830. The molecular formula is C31H30F2N8O2S2. The summed E-state index contributed by atoms with van der Waals surface area (Å²) >= 11 is 2.99. The third-order valence-corrected chi connectivity index (χ3v) is 9.79. The van der Waals surface area contributed by atoms with Crippen molar-refractivity contribution in [2.45, 2.75) is 70.2 Å². The molecule has 2 atom stereocenters. The number of ether oxygens (including phenoxy) is 1. The van der Waals surface area contributed by atoms with Crippen LogP contribution in [0.1, 0.15) is 60.0 Å². The van der Waals surface area contributed by atoms with Crippen LogP contribution in [0.3, 0.4) is 0 Å². The van der Waals surface area contributed by atoms with Gasteiger partial charge < -0.3 is 20.7 Å². The molecule has 5 aromatic rings. The molecule has 2 aliphatic rings. The van der Waals surface area contributed by atoms with E-state index in [1.165, 1.54) is 29.5 Å². The van der Waals surface area contributed by atoms with E-state index in [-0.39, 0.29) is 36.7 Å². The minimum absolute atomic E-state index is 0.00255. The number of anilines is 2. The number of benzene rings is 1. The van der Waals surface area contributed by atoms with E-state index in [1.807, 2.05) is 24.6 Å². The van der Waals surface area contributed by atoms with Crippen LogP contribution in [0.2, 0.25) is 0 Å². The number of pyridine rings is 1. The van der Waals surface area contributed by atoms with Crippen LogP contribution in [0.25, 0.3) is 20.8 Å². The summed E-state index contributed by atoms with van der Waals surface area (Å²) in [7, 11) is 0. The number of nitrogens with one attached hydrogen (secondary N) is 3. The van der Waals surface area contributed by atoms with E-state index in [9.17, 15) is 13.6 Å². The fourth-order valence-corrected chi connectivity index (χ4v) is 7.21. The second kappa shape index (κ2) is 12.6. The second-order valence-electron chi connectivity index (χ2n) is 11.2. The molecule has 3 N–H and O–H groups in total. The van der Waals surface area contributed by atoms with E-state index in [2.05, 4.69) is 30.9 Å². The Labute approximate surface area is 265 Å². The summed E-state index contributed by atoms with van der Waals surface area (Å²) in [5.74, 6) is -0.0331. The number of fused-ring (bicyclic) bond motifs is 1. The molecule has 2 saturated carbocycles. The van der Waals surface area contributed by atoms with Gasteiger partial charge in [0.05, 0.1) is 21.7 Å². The number of carbonyl (C=O) groups excluding carboxylic acids is 1. The minimum Gasteiger partial charge on any atom is -0.442 e. The summed E-state index contributed by atoms with van der Waals surface area (Å²) in [6.45, 7) is 1.89. The maximum atomic E-state index is 14.3. The average molecular weight is 649 g/mol. The largest absolute Gasteiger partial charge is 0.442 e. The number of hydrogen-bond acceptors (Lipinski definition) is 11.